The third kappa shape index (κ3) is 9.46. The fraction of sp³-hybridized carbons (Fsp3) is 0.0556. The van der Waals surface area contributed by atoms with Gasteiger partial charge in [0.25, 0.3) is 0 Å². The van der Waals surface area contributed by atoms with E-state index in [1.54, 1.807) is 67.0 Å². The number of ether oxygens (including phenoxy) is 2. The molecular weight excluding hydrogens is 609 g/mol. The maximum atomic E-state index is 13.8. The minimum atomic E-state index is -1.34. The van der Waals surface area contributed by atoms with Crippen molar-refractivity contribution >= 4 is 24.2 Å². The van der Waals surface area contributed by atoms with Crippen LogP contribution in [0.4, 0.5) is 8.78 Å². The third-order valence-corrected chi connectivity index (χ3v) is 6.83. The first-order valence-electron chi connectivity index (χ1n) is 14.0. The summed E-state index contributed by atoms with van der Waals surface area (Å²) in [5, 5.41) is 17.5. The Morgan fingerprint density at radius 1 is 0.565 bits per heavy atom. The summed E-state index contributed by atoms with van der Waals surface area (Å²) in [6, 6.07) is 35.5. The number of benzene rings is 4. The van der Waals surface area contributed by atoms with Crippen molar-refractivity contribution in [2.45, 2.75) is 0 Å². The van der Waals surface area contributed by atoms with E-state index in [1.165, 1.54) is 26.4 Å². The molecule has 10 heteroatoms. The molecular formula is C36H30BClF2N2O4. The van der Waals surface area contributed by atoms with Crippen LogP contribution in [-0.4, -0.2) is 41.4 Å². The Labute approximate surface area is 271 Å². The number of rotatable bonds is 6. The van der Waals surface area contributed by atoms with Crippen molar-refractivity contribution in [1.29, 1.82) is 0 Å². The van der Waals surface area contributed by atoms with Crippen LogP contribution in [0.3, 0.4) is 0 Å². The van der Waals surface area contributed by atoms with Crippen LogP contribution >= 0.6 is 11.6 Å². The highest BCUT2D eigenvalue weighted by atomic mass is 35.5. The molecule has 0 atom stereocenters. The minimum Gasteiger partial charge on any atom is -0.494 e. The highest BCUT2D eigenvalue weighted by Gasteiger charge is 2.09. The zero-order valence-corrected chi connectivity index (χ0v) is 25.8. The van der Waals surface area contributed by atoms with Crippen LogP contribution in [0.25, 0.3) is 33.5 Å². The van der Waals surface area contributed by atoms with E-state index in [-0.39, 0.29) is 17.3 Å². The van der Waals surface area contributed by atoms with Crippen LogP contribution in [0.15, 0.2) is 134 Å². The van der Waals surface area contributed by atoms with E-state index in [1.807, 2.05) is 54.6 Å². The monoisotopic (exact) mass is 638 g/mol. The summed E-state index contributed by atoms with van der Waals surface area (Å²) in [6.07, 6.45) is 3.32. The van der Waals surface area contributed by atoms with Gasteiger partial charge in [-0.3, -0.25) is 4.98 Å². The van der Waals surface area contributed by atoms with Gasteiger partial charge in [-0.15, -0.1) is 0 Å². The van der Waals surface area contributed by atoms with Crippen LogP contribution in [-0.2, 0) is 0 Å². The summed E-state index contributed by atoms with van der Waals surface area (Å²) in [7, 11) is 1.55. The van der Waals surface area contributed by atoms with Gasteiger partial charge >= 0.3 is 7.12 Å². The number of methoxy groups -OCH3 is 2. The lowest BCUT2D eigenvalue weighted by atomic mass is 9.81. The molecule has 232 valence electrons. The fourth-order valence-corrected chi connectivity index (χ4v) is 4.45. The molecule has 0 unspecified atom stereocenters. The van der Waals surface area contributed by atoms with Crippen molar-refractivity contribution in [3.63, 3.8) is 0 Å². The molecule has 0 aliphatic rings. The highest BCUT2D eigenvalue weighted by Crippen LogP contribution is 2.28. The van der Waals surface area contributed by atoms with E-state index in [2.05, 4.69) is 9.97 Å². The number of hydrogen-bond acceptors (Lipinski definition) is 6. The smallest absolute Gasteiger partial charge is 0.488 e. The average molecular weight is 639 g/mol. The summed E-state index contributed by atoms with van der Waals surface area (Å²) < 4.78 is 37.1. The van der Waals surface area contributed by atoms with Gasteiger partial charge < -0.3 is 19.5 Å². The van der Waals surface area contributed by atoms with Gasteiger partial charge in [0.2, 0.25) is 0 Å². The van der Waals surface area contributed by atoms with Gasteiger partial charge in [0, 0.05) is 18.0 Å². The van der Waals surface area contributed by atoms with E-state index in [0.29, 0.717) is 10.6 Å². The van der Waals surface area contributed by atoms with Gasteiger partial charge in [-0.05, 0) is 76.2 Å². The van der Waals surface area contributed by atoms with Crippen molar-refractivity contribution < 1.29 is 28.3 Å². The minimum absolute atomic E-state index is 0.226. The molecule has 0 aliphatic carbocycles. The van der Waals surface area contributed by atoms with Crippen LogP contribution in [0.2, 0.25) is 5.15 Å². The molecule has 2 heterocycles. The number of hydrogen-bond donors (Lipinski definition) is 2. The maximum absolute atomic E-state index is 13.8. The lowest BCUT2D eigenvalue weighted by molar-refractivity contribution is 0.386. The van der Waals surface area contributed by atoms with Crippen molar-refractivity contribution in [3.05, 3.63) is 151 Å². The van der Waals surface area contributed by atoms with E-state index < -0.39 is 12.9 Å². The lowest BCUT2D eigenvalue weighted by Gasteiger charge is -2.07. The van der Waals surface area contributed by atoms with Crippen molar-refractivity contribution in [2.75, 3.05) is 14.2 Å². The third-order valence-electron chi connectivity index (χ3n) is 6.62. The predicted octanol–water partition coefficient (Wildman–Crippen LogP) is 7.48. The standard InChI is InChI=1S/C18H14FNO.C12H9ClFNO.C6H7BO2/c1-21-18-8-7-14(11-16(18)19)15-9-10-20-17(12-15)13-5-3-2-4-6-13;1-16-11-3-2-8(6-10(11)14)9-4-5-15-12(13)7-9;8-7(9)6-4-2-1-3-5-6/h2-12H,1H3;2-7H,1H3;1-5,8-9H. The molecule has 0 radical (unpaired) electrons. The molecule has 0 saturated carbocycles. The summed E-state index contributed by atoms with van der Waals surface area (Å²) >= 11 is 5.76. The quantitative estimate of drug-likeness (QED) is 0.145. The molecule has 0 bridgehead atoms. The molecule has 6 rings (SSSR count). The average Bonchev–Trinajstić information content (AvgIpc) is 3.09. The van der Waals surface area contributed by atoms with E-state index in [0.717, 1.165) is 33.5 Å². The van der Waals surface area contributed by atoms with Crippen molar-refractivity contribution in [2.24, 2.45) is 0 Å². The Morgan fingerprint density at radius 2 is 1.04 bits per heavy atom. The SMILES string of the molecule is COc1ccc(-c2ccnc(-c3ccccc3)c2)cc1F.COc1ccc(-c2ccnc(Cl)c2)cc1F.OB(O)c1ccccc1. The van der Waals surface area contributed by atoms with E-state index >= 15 is 0 Å². The molecule has 46 heavy (non-hydrogen) atoms. The molecule has 6 nitrogen and oxygen atoms in total. The Hall–Kier alpha value is -5.09. The predicted molar refractivity (Wildman–Crippen MR) is 179 cm³/mol. The normalized spacial score (nSPS) is 10.1. The van der Waals surface area contributed by atoms with Crippen LogP contribution < -0.4 is 14.9 Å². The van der Waals surface area contributed by atoms with E-state index in [9.17, 15) is 8.78 Å². The van der Waals surface area contributed by atoms with E-state index in [4.69, 9.17) is 31.1 Å². The Bertz CT molecular complexity index is 1850. The number of halogens is 3. The van der Waals surface area contributed by atoms with Gasteiger partial charge in [0.05, 0.1) is 19.9 Å². The molecule has 6 aromatic rings. The molecule has 2 N–H and O–H groups in total. The summed E-state index contributed by atoms with van der Waals surface area (Å²) in [5.74, 6) is -0.291. The van der Waals surface area contributed by atoms with Gasteiger partial charge in [0.15, 0.2) is 23.1 Å². The molecule has 0 saturated heterocycles. The number of pyridine rings is 2. The number of aromatic nitrogens is 2. The molecule has 4 aromatic carbocycles. The Balaban J connectivity index is 0.000000170. The first kappa shape index (κ1) is 33.8. The summed E-state index contributed by atoms with van der Waals surface area (Å²) in [4.78, 5) is 8.24. The van der Waals surface area contributed by atoms with Gasteiger partial charge in [-0.2, -0.15) is 0 Å². The maximum Gasteiger partial charge on any atom is 0.488 e. The van der Waals surface area contributed by atoms with Gasteiger partial charge in [0.1, 0.15) is 5.15 Å². The lowest BCUT2D eigenvalue weighted by Crippen LogP contribution is -2.29. The molecule has 0 aliphatic heterocycles. The fourth-order valence-electron chi connectivity index (χ4n) is 4.28. The second-order valence-electron chi connectivity index (χ2n) is 9.65. The van der Waals surface area contributed by atoms with Crippen LogP contribution in [0, 0.1) is 11.6 Å². The topological polar surface area (TPSA) is 84.7 Å². The zero-order chi connectivity index (χ0) is 32.9. The Morgan fingerprint density at radius 3 is 1.50 bits per heavy atom. The molecule has 0 amide bonds. The summed E-state index contributed by atoms with van der Waals surface area (Å²) in [6.45, 7) is 0. The first-order valence-corrected chi connectivity index (χ1v) is 14.4. The van der Waals surface area contributed by atoms with Crippen LogP contribution in [0.5, 0.6) is 11.5 Å². The zero-order valence-electron chi connectivity index (χ0n) is 25.0. The van der Waals surface area contributed by atoms with Gasteiger partial charge in [-0.25, -0.2) is 13.8 Å². The second-order valence-corrected chi connectivity index (χ2v) is 10.0. The largest absolute Gasteiger partial charge is 0.494 e. The highest BCUT2D eigenvalue weighted by molar-refractivity contribution is 6.58. The molecule has 0 fully saturated rings. The second kappa shape index (κ2) is 16.8. The summed E-state index contributed by atoms with van der Waals surface area (Å²) in [5.41, 5.74) is 5.71. The van der Waals surface area contributed by atoms with Crippen molar-refractivity contribution in [3.8, 4) is 45.0 Å². The molecule has 2 aromatic heterocycles. The molecule has 0 spiro atoms. The van der Waals surface area contributed by atoms with Crippen molar-refractivity contribution in [1.82, 2.24) is 9.97 Å². The first-order chi connectivity index (χ1) is 22.3. The number of nitrogens with zero attached hydrogens (tertiary/aromatic N) is 2. The Kier molecular flexibility index (Phi) is 12.4. The van der Waals surface area contributed by atoms with Crippen LogP contribution in [0.1, 0.15) is 0 Å². The van der Waals surface area contributed by atoms with Gasteiger partial charge in [-0.1, -0.05) is 84.4 Å².